The van der Waals surface area contributed by atoms with Crippen LogP contribution >= 0.6 is 0 Å². The van der Waals surface area contributed by atoms with Gasteiger partial charge in [0.2, 0.25) is 0 Å². The Kier molecular flexibility index (Phi) is 5.22. The van der Waals surface area contributed by atoms with E-state index < -0.39 is 46.4 Å². The Labute approximate surface area is 139 Å². The molecule has 0 fully saturated rings. The van der Waals surface area contributed by atoms with Crippen LogP contribution in [0.2, 0.25) is 0 Å². The van der Waals surface area contributed by atoms with Gasteiger partial charge >= 0.3 is 5.97 Å². The monoisotopic (exact) mass is 351 g/mol. The fraction of sp³-hybridized carbons (Fsp3) is 0.0667. The summed E-state index contributed by atoms with van der Waals surface area (Å²) in [6, 6.07) is 5.57. The molecule has 2 aromatic rings. The molecule has 130 valence electrons. The van der Waals surface area contributed by atoms with Gasteiger partial charge in [-0.05, 0) is 24.3 Å². The highest BCUT2D eigenvalue weighted by molar-refractivity contribution is 5.98. The summed E-state index contributed by atoms with van der Waals surface area (Å²) in [6.07, 6.45) is 0. The average Bonchev–Trinajstić information content (AvgIpc) is 2.54. The lowest BCUT2D eigenvalue weighted by Gasteiger charge is -2.08. The summed E-state index contributed by atoms with van der Waals surface area (Å²) in [5, 5.41) is 12.7. The Morgan fingerprint density at radius 3 is 2.56 bits per heavy atom. The van der Waals surface area contributed by atoms with Gasteiger partial charge in [0, 0.05) is 17.8 Å². The largest absolute Gasteiger partial charge is 0.452 e. The van der Waals surface area contributed by atoms with Gasteiger partial charge in [-0.15, -0.1) is 0 Å². The number of nitrogens with zero attached hydrogens (tertiary/aromatic N) is 1. The van der Waals surface area contributed by atoms with E-state index in [0.29, 0.717) is 0 Å². The number of halogens is 2. The van der Waals surface area contributed by atoms with E-state index >= 15 is 0 Å². The molecule has 0 radical (unpaired) electrons. The predicted molar refractivity (Wildman–Crippen MR) is 82.8 cm³/mol. The number of nitro benzene ring substituents is 1. The minimum absolute atomic E-state index is 0.143. The molecule has 0 heterocycles. The SMILES string of the molecule is Nc1cc(F)ccc1C(=O)OCC(=O)Nc1cc([N+](=O)[O-])ccc1F. The Balaban J connectivity index is 2.00. The number of carbonyl (C=O) groups is 2. The molecule has 8 nitrogen and oxygen atoms in total. The second-order valence-electron chi connectivity index (χ2n) is 4.78. The zero-order chi connectivity index (χ0) is 18.6. The van der Waals surface area contributed by atoms with Crippen LogP contribution in [0.4, 0.5) is 25.8 Å². The van der Waals surface area contributed by atoms with Crippen molar-refractivity contribution in [3.05, 3.63) is 63.7 Å². The van der Waals surface area contributed by atoms with Gasteiger partial charge in [0.1, 0.15) is 11.6 Å². The van der Waals surface area contributed by atoms with Crippen LogP contribution in [0, 0.1) is 21.7 Å². The molecule has 0 aromatic heterocycles. The topological polar surface area (TPSA) is 125 Å². The van der Waals surface area contributed by atoms with Gasteiger partial charge < -0.3 is 15.8 Å². The summed E-state index contributed by atoms with van der Waals surface area (Å²) in [7, 11) is 0. The van der Waals surface area contributed by atoms with Gasteiger partial charge in [-0.1, -0.05) is 0 Å². The lowest BCUT2D eigenvalue weighted by atomic mass is 10.2. The zero-order valence-electron chi connectivity index (χ0n) is 12.5. The molecule has 0 aliphatic carbocycles. The molecule has 1 amide bonds. The fourth-order valence-corrected chi connectivity index (χ4v) is 1.84. The van der Waals surface area contributed by atoms with Crippen LogP contribution in [0.1, 0.15) is 10.4 Å². The molecule has 3 N–H and O–H groups in total. The van der Waals surface area contributed by atoms with E-state index in [1.165, 1.54) is 0 Å². The maximum absolute atomic E-state index is 13.6. The van der Waals surface area contributed by atoms with Crippen molar-refractivity contribution >= 4 is 28.9 Å². The highest BCUT2D eigenvalue weighted by atomic mass is 19.1. The Morgan fingerprint density at radius 1 is 1.20 bits per heavy atom. The van der Waals surface area contributed by atoms with E-state index in [2.05, 4.69) is 0 Å². The third kappa shape index (κ3) is 4.47. The number of anilines is 2. The van der Waals surface area contributed by atoms with E-state index in [9.17, 15) is 28.5 Å². The van der Waals surface area contributed by atoms with E-state index in [-0.39, 0.29) is 11.3 Å². The number of non-ortho nitro benzene ring substituents is 1. The average molecular weight is 351 g/mol. The van der Waals surface area contributed by atoms with Crippen molar-refractivity contribution in [1.82, 2.24) is 0 Å². The van der Waals surface area contributed by atoms with Gasteiger partial charge in [0.05, 0.1) is 16.2 Å². The van der Waals surface area contributed by atoms with Crippen LogP contribution in [0.25, 0.3) is 0 Å². The molecular formula is C15H11F2N3O5. The van der Waals surface area contributed by atoms with Crippen LogP contribution in [-0.2, 0) is 9.53 Å². The first-order chi connectivity index (χ1) is 11.8. The number of amides is 1. The summed E-state index contributed by atoms with van der Waals surface area (Å²) in [4.78, 5) is 33.4. The zero-order valence-corrected chi connectivity index (χ0v) is 12.5. The molecule has 0 aliphatic rings. The van der Waals surface area contributed by atoms with Crippen molar-refractivity contribution in [3.63, 3.8) is 0 Å². The maximum atomic E-state index is 13.6. The van der Waals surface area contributed by atoms with Crippen LogP contribution in [0.5, 0.6) is 0 Å². The number of hydrogen-bond acceptors (Lipinski definition) is 6. The molecule has 0 bridgehead atoms. The highest BCUT2D eigenvalue weighted by Crippen LogP contribution is 2.21. The van der Waals surface area contributed by atoms with Crippen molar-refractivity contribution < 1.29 is 28.0 Å². The first kappa shape index (κ1) is 17.8. The first-order valence-electron chi connectivity index (χ1n) is 6.74. The second kappa shape index (κ2) is 7.34. The van der Waals surface area contributed by atoms with Crippen molar-refractivity contribution in [1.29, 1.82) is 0 Å². The number of rotatable bonds is 5. The molecular weight excluding hydrogens is 340 g/mol. The van der Waals surface area contributed by atoms with Gasteiger partial charge in [0.15, 0.2) is 6.61 Å². The number of esters is 1. The summed E-state index contributed by atoms with van der Waals surface area (Å²) in [6.45, 7) is -0.794. The third-order valence-corrected chi connectivity index (χ3v) is 3.00. The van der Waals surface area contributed by atoms with Crippen molar-refractivity contribution in [2.24, 2.45) is 0 Å². The maximum Gasteiger partial charge on any atom is 0.340 e. The van der Waals surface area contributed by atoms with Gasteiger partial charge in [-0.3, -0.25) is 14.9 Å². The predicted octanol–water partition coefficient (Wildman–Crippen LogP) is 2.25. The summed E-state index contributed by atoms with van der Waals surface area (Å²) < 4.78 is 31.2. The quantitative estimate of drug-likeness (QED) is 0.368. The Hall–Kier alpha value is -3.56. The molecule has 0 atom stereocenters. The first-order valence-corrected chi connectivity index (χ1v) is 6.74. The number of carbonyl (C=O) groups excluding carboxylic acids is 2. The third-order valence-electron chi connectivity index (χ3n) is 3.00. The summed E-state index contributed by atoms with van der Waals surface area (Å²) in [5.41, 5.74) is 4.29. The van der Waals surface area contributed by atoms with Crippen molar-refractivity contribution in [2.75, 3.05) is 17.7 Å². The van der Waals surface area contributed by atoms with Gasteiger partial charge in [-0.25, -0.2) is 13.6 Å². The number of nitrogen functional groups attached to an aromatic ring is 1. The molecule has 0 saturated heterocycles. The minimum Gasteiger partial charge on any atom is -0.452 e. The standard InChI is InChI=1S/C15H11F2N3O5/c16-8-1-3-10(12(18)5-8)15(22)25-7-14(21)19-13-6-9(20(23)24)2-4-11(13)17/h1-6H,7,18H2,(H,19,21). The normalized spacial score (nSPS) is 10.2. The lowest BCUT2D eigenvalue weighted by Crippen LogP contribution is -2.22. The smallest absolute Gasteiger partial charge is 0.340 e. The molecule has 2 rings (SSSR count). The van der Waals surface area contributed by atoms with Crippen LogP contribution < -0.4 is 11.1 Å². The number of nitrogens with one attached hydrogen (secondary N) is 1. The van der Waals surface area contributed by atoms with Crippen LogP contribution in [-0.4, -0.2) is 23.4 Å². The second-order valence-corrected chi connectivity index (χ2v) is 4.78. The molecule has 0 spiro atoms. The molecule has 25 heavy (non-hydrogen) atoms. The number of nitro groups is 1. The number of ether oxygens (including phenoxy) is 1. The highest BCUT2D eigenvalue weighted by Gasteiger charge is 2.16. The molecule has 0 saturated carbocycles. The van der Waals surface area contributed by atoms with E-state index in [1.807, 2.05) is 5.32 Å². The Bertz CT molecular complexity index is 857. The van der Waals surface area contributed by atoms with E-state index in [0.717, 1.165) is 36.4 Å². The van der Waals surface area contributed by atoms with Crippen LogP contribution in [0.3, 0.4) is 0 Å². The molecule has 0 unspecified atom stereocenters. The molecule has 10 heteroatoms. The van der Waals surface area contributed by atoms with Gasteiger partial charge in [-0.2, -0.15) is 0 Å². The fourth-order valence-electron chi connectivity index (χ4n) is 1.84. The summed E-state index contributed by atoms with van der Waals surface area (Å²) in [5.74, 6) is -3.44. The number of benzene rings is 2. The van der Waals surface area contributed by atoms with Crippen molar-refractivity contribution in [3.8, 4) is 0 Å². The van der Waals surface area contributed by atoms with Gasteiger partial charge in [0.25, 0.3) is 11.6 Å². The Morgan fingerprint density at radius 2 is 1.92 bits per heavy atom. The van der Waals surface area contributed by atoms with Crippen molar-refractivity contribution in [2.45, 2.75) is 0 Å². The molecule has 2 aromatic carbocycles. The minimum atomic E-state index is -0.979. The van der Waals surface area contributed by atoms with E-state index in [1.54, 1.807) is 0 Å². The molecule has 0 aliphatic heterocycles. The summed E-state index contributed by atoms with van der Waals surface area (Å²) >= 11 is 0. The lowest BCUT2D eigenvalue weighted by molar-refractivity contribution is -0.384. The van der Waals surface area contributed by atoms with E-state index in [4.69, 9.17) is 10.5 Å². The number of hydrogen-bond donors (Lipinski definition) is 2. The van der Waals surface area contributed by atoms with Crippen LogP contribution in [0.15, 0.2) is 36.4 Å². The number of nitrogens with two attached hydrogens (primary N) is 1.